The summed E-state index contributed by atoms with van der Waals surface area (Å²) in [5, 5.41) is 4.88. The minimum absolute atomic E-state index is 0.767. The van der Waals surface area contributed by atoms with E-state index < -0.39 is 0 Å². The number of nitrogen functional groups attached to an aromatic ring is 1. The van der Waals surface area contributed by atoms with Gasteiger partial charge in [-0.05, 0) is 31.3 Å². The summed E-state index contributed by atoms with van der Waals surface area (Å²) in [6.07, 6.45) is 2.78. The van der Waals surface area contributed by atoms with E-state index in [1.807, 2.05) is 47.1 Å². The summed E-state index contributed by atoms with van der Waals surface area (Å²) >= 11 is 0. The lowest BCUT2D eigenvalue weighted by Crippen LogP contribution is -2.27. The number of benzene rings is 1. The zero-order valence-corrected chi connectivity index (χ0v) is 13.1. The Morgan fingerprint density at radius 1 is 1.09 bits per heavy atom. The molecule has 5 nitrogen and oxygen atoms in total. The third kappa shape index (κ3) is 2.49. The SMILES string of the molecule is CN1CCc2c(c(-c3ccc(N)cc3)nn2-c2ccccn2)C1. The average molecular weight is 305 g/mol. The molecule has 0 amide bonds. The number of hydrogen-bond donors (Lipinski definition) is 1. The van der Waals surface area contributed by atoms with Crippen molar-refractivity contribution in [2.75, 3.05) is 19.3 Å². The minimum Gasteiger partial charge on any atom is -0.399 e. The number of pyridine rings is 1. The fourth-order valence-electron chi connectivity index (χ4n) is 3.10. The van der Waals surface area contributed by atoms with Gasteiger partial charge < -0.3 is 10.6 Å². The van der Waals surface area contributed by atoms with Gasteiger partial charge in [-0.15, -0.1) is 0 Å². The van der Waals surface area contributed by atoms with Crippen molar-refractivity contribution >= 4 is 5.69 Å². The molecule has 3 heterocycles. The Balaban J connectivity index is 1.89. The van der Waals surface area contributed by atoms with Crippen LogP contribution in [0.25, 0.3) is 17.1 Å². The molecule has 23 heavy (non-hydrogen) atoms. The van der Waals surface area contributed by atoms with Gasteiger partial charge in [0.25, 0.3) is 0 Å². The van der Waals surface area contributed by atoms with E-state index in [1.54, 1.807) is 6.20 Å². The van der Waals surface area contributed by atoms with Gasteiger partial charge in [-0.1, -0.05) is 18.2 Å². The maximum Gasteiger partial charge on any atom is 0.153 e. The van der Waals surface area contributed by atoms with E-state index >= 15 is 0 Å². The predicted molar refractivity (Wildman–Crippen MR) is 91.2 cm³/mol. The van der Waals surface area contributed by atoms with E-state index in [1.165, 1.54) is 11.3 Å². The molecule has 1 aliphatic rings. The minimum atomic E-state index is 0.767. The second-order valence-corrected chi connectivity index (χ2v) is 5.98. The lowest BCUT2D eigenvalue weighted by molar-refractivity contribution is 0.310. The number of anilines is 1. The molecule has 0 fully saturated rings. The highest BCUT2D eigenvalue weighted by Crippen LogP contribution is 2.31. The first-order chi connectivity index (χ1) is 11.2. The number of hydrogen-bond acceptors (Lipinski definition) is 4. The largest absolute Gasteiger partial charge is 0.399 e. The quantitative estimate of drug-likeness (QED) is 0.739. The Labute approximate surface area is 135 Å². The number of likely N-dealkylation sites (N-methyl/N-ethyl adjacent to an activating group) is 1. The van der Waals surface area contributed by atoms with Gasteiger partial charge in [0.15, 0.2) is 5.82 Å². The van der Waals surface area contributed by atoms with Crippen molar-refractivity contribution in [2.24, 2.45) is 0 Å². The van der Waals surface area contributed by atoms with Gasteiger partial charge in [-0.3, -0.25) is 0 Å². The highest BCUT2D eigenvalue weighted by Gasteiger charge is 2.24. The van der Waals surface area contributed by atoms with Crippen LogP contribution in [-0.2, 0) is 13.0 Å². The number of rotatable bonds is 2. The Bertz CT molecular complexity index is 821. The number of fused-ring (bicyclic) bond motifs is 1. The first-order valence-corrected chi connectivity index (χ1v) is 7.79. The summed E-state index contributed by atoms with van der Waals surface area (Å²) in [6.45, 7) is 1.94. The summed E-state index contributed by atoms with van der Waals surface area (Å²) in [5.41, 5.74) is 11.3. The molecule has 5 heteroatoms. The van der Waals surface area contributed by atoms with E-state index in [4.69, 9.17) is 10.8 Å². The van der Waals surface area contributed by atoms with Gasteiger partial charge in [-0.2, -0.15) is 5.10 Å². The molecule has 2 N–H and O–H groups in total. The molecule has 0 spiro atoms. The number of nitrogens with two attached hydrogens (primary N) is 1. The molecule has 0 radical (unpaired) electrons. The molecule has 0 saturated heterocycles. The molecule has 1 aromatic carbocycles. The lowest BCUT2D eigenvalue weighted by atomic mass is 10.0. The Morgan fingerprint density at radius 3 is 2.65 bits per heavy atom. The molecule has 3 aromatic rings. The molecule has 2 aromatic heterocycles. The summed E-state index contributed by atoms with van der Waals surface area (Å²) in [4.78, 5) is 6.79. The van der Waals surface area contributed by atoms with Crippen LogP contribution in [0.3, 0.4) is 0 Å². The van der Waals surface area contributed by atoms with Crippen molar-refractivity contribution in [3.05, 3.63) is 59.9 Å². The van der Waals surface area contributed by atoms with Crippen LogP contribution >= 0.6 is 0 Å². The van der Waals surface area contributed by atoms with Gasteiger partial charge in [-0.25, -0.2) is 9.67 Å². The van der Waals surface area contributed by atoms with Crippen LogP contribution in [0.4, 0.5) is 5.69 Å². The first kappa shape index (κ1) is 14.0. The third-order valence-corrected chi connectivity index (χ3v) is 4.30. The Kier molecular flexibility index (Phi) is 3.35. The van der Waals surface area contributed by atoms with Gasteiger partial charge >= 0.3 is 0 Å². The van der Waals surface area contributed by atoms with Crippen molar-refractivity contribution in [1.29, 1.82) is 0 Å². The summed E-state index contributed by atoms with van der Waals surface area (Å²) in [6, 6.07) is 13.8. The highest BCUT2D eigenvalue weighted by molar-refractivity contribution is 5.67. The summed E-state index contributed by atoms with van der Waals surface area (Å²) in [7, 11) is 2.15. The van der Waals surface area contributed by atoms with Crippen LogP contribution < -0.4 is 5.73 Å². The topological polar surface area (TPSA) is 60.0 Å². The molecule has 4 rings (SSSR count). The second-order valence-electron chi connectivity index (χ2n) is 5.98. The second kappa shape index (κ2) is 5.52. The maximum atomic E-state index is 5.82. The first-order valence-electron chi connectivity index (χ1n) is 7.79. The van der Waals surface area contributed by atoms with Crippen LogP contribution in [0.15, 0.2) is 48.7 Å². The van der Waals surface area contributed by atoms with E-state index in [2.05, 4.69) is 16.9 Å². The summed E-state index contributed by atoms with van der Waals surface area (Å²) in [5.74, 6) is 0.870. The fourth-order valence-corrected chi connectivity index (χ4v) is 3.10. The zero-order valence-electron chi connectivity index (χ0n) is 13.1. The maximum absolute atomic E-state index is 5.82. The zero-order chi connectivity index (χ0) is 15.8. The molecule has 0 bridgehead atoms. The van der Waals surface area contributed by atoms with Crippen molar-refractivity contribution in [2.45, 2.75) is 13.0 Å². The third-order valence-electron chi connectivity index (χ3n) is 4.30. The standard InChI is InChI=1S/C18H19N5/c1-22-11-9-16-15(12-22)18(13-5-7-14(19)8-6-13)21-23(16)17-4-2-3-10-20-17/h2-8,10H,9,11-12,19H2,1H3. The van der Waals surface area contributed by atoms with Crippen LogP contribution in [0.5, 0.6) is 0 Å². The molecule has 116 valence electrons. The monoisotopic (exact) mass is 305 g/mol. The number of nitrogens with zero attached hydrogens (tertiary/aromatic N) is 4. The molecule has 0 saturated carbocycles. The van der Waals surface area contributed by atoms with Crippen LogP contribution in [0, 0.1) is 0 Å². The van der Waals surface area contributed by atoms with Crippen molar-refractivity contribution < 1.29 is 0 Å². The van der Waals surface area contributed by atoms with Crippen LogP contribution in [0.2, 0.25) is 0 Å². The van der Waals surface area contributed by atoms with E-state index in [9.17, 15) is 0 Å². The van der Waals surface area contributed by atoms with E-state index in [-0.39, 0.29) is 0 Å². The highest BCUT2D eigenvalue weighted by atomic mass is 15.3. The molecule has 0 aliphatic carbocycles. The number of aromatic nitrogens is 3. The predicted octanol–water partition coefficient (Wildman–Crippen LogP) is 2.50. The smallest absolute Gasteiger partial charge is 0.153 e. The normalized spacial score (nSPS) is 14.7. The molecule has 0 unspecified atom stereocenters. The molecular weight excluding hydrogens is 286 g/mol. The molecule has 1 aliphatic heterocycles. The van der Waals surface area contributed by atoms with Gasteiger partial charge in [0.1, 0.15) is 0 Å². The van der Waals surface area contributed by atoms with Gasteiger partial charge in [0, 0.05) is 42.5 Å². The van der Waals surface area contributed by atoms with Crippen LogP contribution in [0.1, 0.15) is 11.3 Å². The van der Waals surface area contributed by atoms with Gasteiger partial charge in [0.05, 0.1) is 11.4 Å². The Hall–Kier alpha value is -2.66. The van der Waals surface area contributed by atoms with Gasteiger partial charge in [0.2, 0.25) is 0 Å². The molecular formula is C18H19N5. The van der Waals surface area contributed by atoms with E-state index in [0.29, 0.717) is 0 Å². The average Bonchev–Trinajstić information content (AvgIpc) is 2.95. The van der Waals surface area contributed by atoms with Crippen molar-refractivity contribution in [3.63, 3.8) is 0 Å². The van der Waals surface area contributed by atoms with Crippen molar-refractivity contribution in [3.8, 4) is 17.1 Å². The molecule has 0 atom stereocenters. The fraction of sp³-hybridized carbons (Fsp3) is 0.222. The van der Waals surface area contributed by atoms with E-state index in [0.717, 1.165) is 42.3 Å². The Morgan fingerprint density at radius 2 is 1.91 bits per heavy atom. The summed E-state index contributed by atoms with van der Waals surface area (Å²) < 4.78 is 1.99. The van der Waals surface area contributed by atoms with Crippen LogP contribution in [-0.4, -0.2) is 33.3 Å². The lowest BCUT2D eigenvalue weighted by Gasteiger charge is -2.23. The van der Waals surface area contributed by atoms with Crippen molar-refractivity contribution in [1.82, 2.24) is 19.7 Å².